The van der Waals surface area contributed by atoms with E-state index in [0.717, 1.165) is 19.6 Å². The molecule has 1 amide bonds. The number of likely N-dealkylation sites (tertiary alicyclic amines) is 1. The lowest BCUT2D eigenvalue weighted by atomic mass is 9.71. The van der Waals surface area contributed by atoms with Crippen LogP contribution in [0.25, 0.3) is 0 Å². The first-order valence-electron chi connectivity index (χ1n) is 6.89. The van der Waals surface area contributed by atoms with Gasteiger partial charge in [0.05, 0.1) is 0 Å². The van der Waals surface area contributed by atoms with Crippen LogP contribution in [-0.2, 0) is 4.79 Å². The van der Waals surface area contributed by atoms with Gasteiger partial charge in [-0.05, 0) is 5.56 Å². The maximum Gasteiger partial charge on any atom is 0.219 e. The number of hydrogen-bond donors (Lipinski definition) is 0. The standard InChI is InChI=1S/C16H20N2O/c1-3-9-18-14-10-17(12(2)19)11-15(18)16(14)13-7-5-4-6-8-13/h3-8,14-16H,1,9-11H2,2H3/t14-,15+,16?. The molecule has 2 aliphatic rings. The van der Waals surface area contributed by atoms with E-state index in [-0.39, 0.29) is 5.91 Å². The second-order valence-corrected chi connectivity index (χ2v) is 5.48. The van der Waals surface area contributed by atoms with Crippen molar-refractivity contribution in [2.75, 3.05) is 19.6 Å². The van der Waals surface area contributed by atoms with Gasteiger partial charge in [0, 0.05) is 44.6 Å². The molecule has 0 radical (unpaired) electrons. The third kappa shape index (κ3) is 1.98. The lowest BCUT2D eigenvalue weighted by Gasteiger charge is -2.61. The molecule has 19 heavy (non-hydrogen) atoms. The summed E-state index contributed by atoms with van der Waals surface area (Å²) in [5.74, 6) is 0.761. The Morgan fingerprint density at radius 3 is 2.47 bits per heavy atom. The second kappa shape index (κ2) is 4.82. The normalized spacial score (nSPS) is 29.7. The Hall–Kier alpha value is -1.61. The number of rotatable bonds is 3. The molecule has 2 bridgehead atoms. The number of amides is 1. The fourth-order valence-electron chi connectivity index (χ4n) is 3.57. The van der Waals surface area contributed by atoms with E-state index in [1.54, 1.807) is 6.92 Å². The van der Waals surface area contributed by atoms with Gasteiger partial charge in [-0.1, -0.05) is 36.4 Å². The minimum Gasteiger partial charge on any atom is -0.340 e. The molecule has 2 fully saturated rings. The van der Waals surface area contributed by atoms with E-state index in [1.807, 2.05) is 11.0 Å². The number of hydrogen-bond acceptors (Lipinski definition) is 2. The average molecular weight is 256 g/mol. The zero-order valence-electron chi connectivity index (χ0n) is 11.3. The summed E-state index contributed by atoms with van der Waals surface area (Å²) in [7, 11) is 0. The summed E-state index contributed by atoms with van der Waals surface area (Å²) < 4.78 is 0. The highest BCUT2D eigenvalue weighted by Crippen LogP contribution is 2.44. The molecule has 100 valence electrons. The smallest absolute Gasteiger partial charge is 0.219 e. The molecular formula is C16H20N2O. The van der Waals surface area contributed by atoms with Crippen LogP contribution in [-0.4, -0.2) is 47.4 Å². The third-order valence-corrected chi connectivity index (χ3v) is 4.47. The first kappa shape index (κ1) is 12.4. The van der Waals surface area contributed by atoms with Crippen LogP contribution in [0.1, 0.15) is 18.4 Å². The fourth-order valence-corrected chi connectivity index (χ4v) is 3.57. The lowest BCUT2D eigenvalue weighted by molar-refractivity contribution is -0.144. The van der Waals surface area contributed by atoms with E-state index < -0.39 is 0 Å². The van der Waals surface area contributed by atoms with Crippen LogP contribution in [0.2, 0.25) is 0 Å². The number of carbonyl (C=O) groups excluding carboxylic acids is 1. The minimum absolute atomic E-state index is 0.194. The molecule has 0 spiro atoms. The topological polar surface area (TPSA) is 23.6 Å². The van der Waals surface area contributed by atoms with Gasteiger partial charge in [0.15, 0.2) is 0 Å². The van der Waals surface area contributed by atoms with E-state index in [0.29, 0.717) is 18.0 Å². The molecule has 2 aliphatic heterocycles. The number of piperidine rings is 1. The first-order chi connectivity index (χ1) is 9.22. The minimum atomic E-state index is 0.194. The molecule has 0 aliphatic carbocycles. The van der Waals surface area contributed by atoms with Gasteiger partial charge in [-0.3, -0.25) is 9.69 Å². The van der Waals surface area contributed by atoms with Crippen LogP contribution >= 0.6 is 0 Å². The highest BCUT2D eigenvalue weighted by atomic mass is 16.2. The summed E-state index contributed by atoms with van der Waals surface area (Å²) in [5, 5.41) is 0. The molecule has 3 atom stereocenters. The van der Waals surface area contributed by atoms with Crippen LogP contribution in [0.3, 0.4) is 0 Å². The molecule has 3 rings (SSSR count). The van der Waals surface area contributed by atoms with Crippen molar-refractivity contribution in [3.63, 3.8) is 0 Å². The van der Waals surface area contributed by atoms with Gasteiger partial charge in [0.25, 0.3) is 0 Å². The van der Waals surface area contributed by atoms with Gasteiger partial charge in [0.1, 0.15) is 0 Å². The lowest BCUT2D eigenvalue weighted by Crippen LogP contribution is -2.73. The molecule has 0 saturated carbocycles. The Kier molecular flexibility index (Phi) is 3.15. The zero-order valence-corrected chi connectivity index (χ0v) is 11.3. The van der Waals surface area contributed by atoms with Crippen molar-refractivity contribution >= 4 is 5.91 Å². The van der Waals surface area contributed by atoms with Crippen molar-refractivity contribution in [3.8, 4) is 0 Å². The summed E-state index contributed by atoms with van der Waals surface area (Å²) in [5.41, 5.74) is 1.40. The predicted molar refractivity (Wildman–Crippen MR) is 75.9 cm³/mol. The van der Waals surface area contributed by atoms with Crippen LogP contribution < -0.4 is 0 Å². The molecule has 1 aromatic rings. The van der Waals surface area contributed by atoms with Gasteiger partial charge < -0.3 is 4.90 Å². The molecule has 2 heterocycles. The summed E-state index contributed by atoms with van der Waals surface area (Å²) >= 11 is 0. The van der Waals surface area contributed by atoms with E-state index in [2.05, 4.69) is 41.8 Å². The van der Waals surface area contributed by atoms with Crippen LogP contribution in [0, 0.1) is 0 Å². The fraction of sp³-hybridized carbons (Fsp3) is 0.438. The van der Waals surface area contributed by atoms with Crippen molar-refractivity contribution in [2.45, 2.75) is 24.9 Å². The molecule has 3 nitrogen and oxygen atoms in total. The highest BCUT2D eigenvalue weighted by Gasteiger charge is 2.53. The van der Waals surface area contributed by atoms with Gasteiger partial charge in [-0.2, -0.15) is 0 Å². The first-order valence-corrected chi connectivity index (χ1v) is 6.89. The molecule has 0 aromatic heterocycles. The van der Waals surface area contributed by atoms with Gasteiger partial charge in [-0.25, -0.2) is 0 Å². The third-order valence-electron chi connectivity index (χ3n) is 4.47. The Bertz CT molecular complexity index is 471. The number of nitrogens with zero attached hydrogens (tertiary/aromatic N) is 2. The predicted octanol–water partition coefficient (Wildman–Crippen LogP) is 1.87. The van der Waals surface area contributed by atoms with Crippen LogP contribution in [0.5, 0.6) is 0 Å². The Labute approximate surface area is 114 Å². The largest absolute Gasteiger partial charge is 0.340 e. The van der Waals surface area contributed by atoms with Crippen molar-refractivity contribution in [1.29, 1.82) is 0 Å². The zero-order chi connectivity index (χ0) is 13.4. The number of piperazine rings is 1. The van der Waals surface area contributed by atoms with Crippen LogP contribution in [0.15, 0.2) is 43.0 Å². The number of fused-ring (bicyclic) bond motifs is 2. The average Bonchev–Trinajstić information content (AvgIpc) is 2.45. The van der Waals surface area contributed by atoms with E-state index >= 15 is 0 Å². The molecular weight excluding hydrogens is 236 g/mol. The summed E-state index contributed by atoms with van der Waals surface area (Å²) in [6.45, 7) is 8.12. The molecule has 3 heteroatoms. The van der Waals surface area contributed by atoms with Gasteiger partial charge >= 0.3 is 0 Å². The quantitative estimate of drug-likeness (QED) is 0.771. The SMILES string of the molecule is C=CCN1[C@@H]2CN(C(C)=O)C[C@H]1C2c1ccccc1. The van der Waals surface area contributed by atoms with Crippen molar-refractivity contribution in [3.05, 3.63) is 48.6 Å². The maximum absolute atomic E-state index is 11.6. The second-order valence-electron chi connectivity index (χ2n) is 5.48. The van der Waals surface area contributed by atoms with Gasteiger partial charge in [0.2, 0.25) is 5.91 Å². The maximum atomic E-state index is 11.6. The molecule has 1 aromatic carbocycles. The Morgan fingerprint density at radius 2 is 1.95 bits per heavy atom. The number of benzene rings is 1. The highest BCUT2D eigenvalue weighted by molar-refractivity contribution is 5.73. The van der Waals surface area contributed by atoms with E-state index in [9.17, 15) is 4.79 Å². The Morgan fingerprint density at radius 1 is 1.32 bits per heavy atom. The summed E-state index contributed by atoms with van der Waals surface area (Å²) in [6.07, 6.45) is 1.96. The Balaban J connectivity index is 1.82. The summed E-state index contributed by atoms with van der Waals surface area (Å²) in [4.78, 5) is 16.0. The van der Waals surface area contributed by atoms with Crippen molar-refractivity contribution in [2.24, 2.45) is 0 Å². The summed E-state index contributed by atoms with van der Waals surface area (Å²) in [6, 6.07) is 11.6. The van der Waals surface area contributed by atoms with Gasteiger partial charge in [-0.15, -0.1) is 6.58 Å². The van der Waals surface area contributed by atoms with E-state index in [4.69, 9.17) is 0 Å². The van der Waals surface area contributed by atoms with Crippen molar-refractivity contribution in [1.82, 2.24) is 9.80 Å². The molecule has 1 unspecified atom stereocenters. The van der Waals surface area contributed by atoms with Crippen molar-refractivity contribution < 1.29 is 4.79 Å². The number of carbonyl (C=O) groups is 1. The van der Waals surface area contributed by atoms with E-state index in [1.165, 1.54) is 5.56 Å². The van der Waals surface area contributed by atoms with Crippen LogP contribution in [0.4, 0.5) is 0 Å². The molecule has 0 N–H and O–H groups in total. The molecule has 2 saturated heterocycles. The monoisotopic (exact) mass is 256 g/mol.